The van der Waals surface area contributed by atoms with Crippen LogP contribution in [0.3, 0.4) is 0 Å². The summed E-state index contributed by atoms with van der Waals surface area (Å²) < 4.78 is 10.00. The number of hydrogen-bond donors (Lipinski definition) is 1. The molecule has 0 heterocycles. The standard InChI is InChI=1S/C10H19NO4/c1-6-15-9(13)10(14-5,7(2)3)11-8(4)12/h7H,6H2,1-5H3,(H,11,12). The quantitative estimate of drug-likeness (QED) is 0.543. The molecule has 1 unspecified atom stereocenters. The van der Waals surface area contributed by atoms with E-state index in [1.165, 1.54) is 14.0 Å². The molecule has 0 saturated heterocycles. The van der Waals surface area contributed by atoms with E-state index in [4.69, 9.17) is 9.47 Å². The Bertz CT molecular complexity index is 240. The zero-order valence-electron chi connectivity index (χ0n) is 9.92. The van der Waals surface area contributed by atoms with Crippen molar-refractivity contribution < 1.29 is 19.1 Å². The van der Waals surface area contributed by atoms with Crippen molar-refractivity contribution in [3.8, 4) is 0 Å². The largest absolute Gasteiger partial charge is 0.462 e. The van der Waals surface area contributed by atoms with E-state index < -0.39 is 11.7 Å². The predicted octanol–water partition coefficient (Wildman–Crippen LogP) is 0.684. The molecule has 0 aliphatic heterocycles. The highest BCUT2D eigenvalue weighted by Gasteiger charge is 2.44. The molecular weight excluding hydrogens is 198 g/mol. The molecule has 15 heavy (non-hydrogen) atoms. The molecule has 0 radical (unpaired) electrons. The van der Waals surface area contributed by atoms with E-state index in [0.717, 1.165) is 0 Å². The van der Waals surface area contributed by atoms with Gasteiger partial charge in [-0.1, -0.05) is 13.8 Å². The minimum Gasteiger partial charge on any atom is -0.462 e. The van der Waals surface area contributed by atoms with Crippen LogP contribution in [0.5, 0.6) is 0 Å². The first kappa shape index (κ1) is 13.9. The number of carbonyl (C=O) groups is 2. The minimum atomic E-state index is -1.39. The fourth-order valence-electron chi connectivity index (χ4n) is 1.30. The third-order valence-corrected chi connectivity index (χ3v) is 2.08. The summed E-state index contributed by atoms with van der Waals surface area (Å²) in [6.07, 6.45) is 0. The van der Waals surface area contributed by atoms with E-state index in [2.05, 4.69) is 5.32 Å². The monoisotopic (exact) mass is 217 g/mol. The van der Waals surface area contributed by atoms with E-state index >= 15 is 0 Å². The van der Waals surface area contributed by atoms with Gasteiger partial charge in [-0.25, -0.2) is 4.79 Å². The molecule has 0 aliphatic rings. The van der Waals surface area contributed by atoms with Crippen LogP contribution in [0.25, 0.3) is 0 Å². The van der Waals surface area contributed by atoms with Crippen molar-refractivity contribution >= 4 is 11.9 Å². The third kappa shape index (κ3) is 3.20. The van der Waals surface area contributed by atoms with Gasteiger partial charge in [-0.05, 0) is 6.92 Å². The van der Waals surface area contributed by atoms with Crippen LogP contribution in [0.4, 0.5) is 0 Å². The average Bonchev–Trinajstić information content (AvgIpc) is 2.13. The van der Waals surface area contributed by atoms with Crippen LogP contribution in [0.15, 0.2) is 0 Å². The van der Waals surface area contributed by atoms with Crippen LogP contribution in [-0.2, 0) is 19.1 Å². The fourth-order valence-corrected chi connectivity index (χ4v) is 1.30. The number of amides is 1. The van der Waals surface area contributed by atoms with Crippen LogP contribution in [0.1, 0.15) is 27.7 Å². The summed E-state index contributed by atoms with van der Waals surface area (Å²) in [6, 6.07) is 0. The van der Waals surface area contributed by atoms with Crippen molar-refractivity contribution in [2.75, 3.05) is 13.7 Å². The van der Waals surface area contributed by atoms with Crippen molar-refractivity contribution in [2.45, 2.75) is 33.4 Å². The Morgan fingerprint density at radius 3 is 2.20 bits per heavy atom. The van der Waals surface area contributed by atoms with Gasteiger partial charge in [0.2, 0.25) is 11.6 Å². The third-order valence-electron chi connectivity index (χ3n) is 2.08. The van der Waals surface area contributed by atoms with Gasteiger partial charge in [0.05, 0.1) is 6.61 Å². The van der Waals surface area contributed by atoms with Crippen molar-refractivity contribution in [3.63, 3.8) is 0 Å². The van der Waals surface area contributed by atoms with Gasteiger partial charge >= 0.3 is 5.97 Å². The first-order valence-corrected chi connectivity index (χ1v) is 4.91. The highest BCUT2D eigenvalue weighted by atomic mass is 16.6. The molecule has 5 heteroatoms. The van der Waals surface area contributed by atoms with Crippen molar-refractivity contribution in [3.05, 3.63) is 0 Å². The lowest BCUT2D eigenvalue weighted by Crippen LogP contribution is -2.59. The van der Waals surface area contributed by atoms with Gasteiger partial charge in [0.15, 0.2) is 0 Å². The summed E-state index contributed by atoms with van der Waals surface area (Å²) in [5.74, 6) is -1.12. The number of esters is 1. The molecule has 0 saturated carbocycles. The molecule has 1 atom stereocenters. The maximum Gasteiger partial charge on any atom is 0.360 e. The van der Waals surface area contributed by atoms with Gasteiger partial charge < -0.3 is 14.8 Å². The lowest BCUT2D eigenvalue weighted by atomic mass is 9.99. The summed E-state index contributed by atoms with van der Waals surface area (Å²) in [4.78, 5) is 22.7. The van der Waals surface area contributed by atoms with Crippen LogP contribution in [0.2, 0.25) is 0 Å². The Hall–Kier alpha value is -1.10. The van der Waals surface area contributed by atoms with Crippen molar-refractivity contribution in [1.29, 1.82) is 0 Å². The van der Waals surface area contributed by atoms with E-state index in [9.17, 15) is 9.59 Å². The first-order chi connectivity index (χ1) is 6.90. The summed E-state index contributed by atoms with van der Waals surface area (Å²) in [7, 11) is 1.37. The Morgan fingerprint density at radius 2 is 1.93 bits per heavy atom. The number of carbonyl (C=O) groups excluding carboxylic acids is 2. The molecular formula is C10H19NO4. The van der Waals surface area contributed by atoms with Gasteiger partial charge in [0, 0.05) is 20.0 Å². The molecule has 0 fully saturated rings. The molecule has 1 amide bonds. The number of rotatable bonds is 5. The van der Waals surface area contributed by atoms with Crippen molar-refractivity contribution in [2.24, 2.45) is 5.92 Å². The highest BCUT2D eigenvalue weighted by molar-refractivity contribution is 5.86. The molecule has 5 nitrogen and oxygen atoms in total. The SMILES string of the molecule is CCOC(=O)C(NC(C)=O)(OC)C(C)C. The van der Waals surface area contributed by atoms with Crippen LogP contribution >= 0.6 is 0 Å². The van der Waals surface area contributed by atoms with E-state index in [1.54, 1.807) is 20.8 Å². The first-order valence-electron chi connectivity index (χ1n) is 4.91. The maximum atomic E-state index is 11.7. The second-order valence-electron chi connectivity index (χ2n) is 3.50. The smallest absolute Gasteiger partial charge is 0.360 e. The summed E-state index contributed by atoms with van der Waals surface area (Å²) in [6.45, 7) is 6.82. The van der Waals surface area contributed by atoms with Gasteiger partial charge in [-0.2, -0.15) is 0 Å². The summed E-state index contributed by atoms with van der Waals surface area (Å²) in [5, 5.41) is 2.49. The van der Waals surface area contributed by atoms with E-state index in [1.807, 2.05) is 0 Å². The normalized spacial score (nSPS) is 14.5. The molecule has 1 N–H and O–H groups in total. The number of ether oxygens (including phenoxy) is 2. The van der Waals surface area contributed by atoms with Crippen LogP contribution in [-0.4, -0.2) is 31.3 Å². The fraction of sp³-hybridized carbons (Fsp3) is 0.800. The van der Waals surface area contributed by atoms with Gasteiger partial charge in [-0.3, -0.25) is 4.79 Å². The van der Waals surface area contributed by atoms with Crippen LogP contribution in [0, 0.1) is 5.92 Å². The predicted molar refractivity (Wildman–Crippen MR) is 55.0 cm³/mol. The Balaban J connectivity index is 4.96. The number of methoxy groups -OCH3 is 1. The molecule has 0 bridgehead atoms. The molecule has 88 valence electrons. The van der Waals surface area contributed by atoms with E-state index in [-0.39, 0.29) is 18.4 Å². The zero-order chi connectivity index (χ0) is 12.1. The lowest BCUT2D eigenvalue weighted by molar-refractivity contribution is -0.182. The topological polar surface area (TPSA) is 64.6 Å². The molecule has 0 aromatic carbocycles. The van der Waals surface area contributed by atoms with Gasteiger partial charge in [0.25, 0.3) is 0 Å². The second-order valence-corrected chi connectivity index (χ2v) is 3.50. The molecule has 0 spiro atoms. The number of hydrogen-bond acceptors (Lipinski definition) is 4. The highest BCUT2D eigenvalue weighted by Crippen LogP contribution is 2.20. The van der Waals surface area contributed by atoms with Gasteiger partial charge in [0.1, 0.15) is 0 Å². The summed E-state index contributed by atoms with van der Waals surface area (Å²) >= 11 is 0. The van der Waals surface area contributed by atoms with Crippen molar-refractivity contribution in [1.82, 2.24) is 5.32 Å². The zero-order valence-corrected chi connectivity index (χ0v) is 9.92. The maximum absolute atomic E-state index is 11.7. The second kappa shape index (κ2) is 5.70. The minimum absolute atomic E-state index is 0.217. The lowest BCUT2D eigenvalue weighted by Gasteiger charge is -2.33. The van der Waals surface area contributed by atoms with Crippen LogP contribution < -0.4 is 5.32 Å². The van der Waals surface area contributed by atoms with Gasteiger partial charge in [-0.15, -0.1) is 0 Å². The number of nitrogens with one attached hydrogen (secondary N) is 1. The van der Waals surface area contributed by atoms with E-state index in [0.29, 0.717) is 0 Å². The Morgan fingerprint density at radius 1 is 1.40 bits per heavy atom. The Kier molecular flexibility index (Phi) is 5.28. The molecule has 0 aliphatic carbocycles. The average molecular weight is 217 g/mol. The molecule has 0 rings (SSSR count). The molecule has 0 aromatic rings. The molecule has 0 aromatic heterocycles. The summed E-state index contributed by atoms with van der Waals surface area (Å²) in [5.41, 5.74) is -1.39. The Labute approximate surface area is 90.1 Å².